The lowest BCUT2D eigenvalue weighted by Gasteiger charge is -2.25. The zero-order valence-electron chi connectivity index (χ0n) is 7.15. The fourth-order valence-electron chi connectivity index (χ4n) is 1.76. The van der Waals surface area contributed by atoms with Gasteiger partial charge in [-0.25, -0.2) is 0 Å². The fraction of sp³-hybridized carbons (Fsp3) is 1.00. The first-order valence-corrected chi connectivity index (χ1v) is 5.08. The van der Waals surface area contributed by atoms with Crippen molar-refractivity contribution < 1.29 is 0 Å². The highest BCUT2D eigenvalue weighted by molar-refractivity contribution is 9.09. The lowest BCUT2D eigenvalue weighted by molar-refractivity contribution is 0.286. The molecule has 60 valence electrons. The van der Waals surface area contributed by atoms with Crippen molar-refractivity contribution in [3.8, 4) is 0 Å². The Labute approximate surface area is 72.5 Å². The van der Waals surface area contributed by atoms with Gasteiger partial charge in [-0.2, -0.15) is 0 Å². The third kappa shape index (κ3) is 2.26. The molecule has 1 aliphatic carbocycles. The molecule has 1 atom stereocenters. The Bertz CT molecular complexity index is 112. The predicted molar refractivity (Wildman–Crippen MR) is 49.5 cm³/mol. The maximum atomic E-state index is 3.61. The van der Waals surface area contributed by atoms with E-state index >= 15 is 0 Å². The van der Waals surface area contributed by atoms with Crippen molar-refractivity contribution in [2.45, 2.75) is 44.9 Å². The van der Waals surface area contributed by atoms with E-state index in [1.807, 2.05) is 0 Å². The van der Waals surface area contributed by atoms with Crippen molar-refractivity contribution in [3.05, 3.63) is 0 Å². The Kier molecular flexibility index (Phi) is 2.44. The lowest BCUT2D eigenvalue weighted by Crippen LogP contribution is -2.17. The van der Waals surface area contributed by atoms with Gasteiger partial charge in [-0.05, 0) is 30.6 Å². The molecule has 1 heteroatoms. The van der Waals surface area contributed by atoms with Gasteiger partial charge in [0.05, 0.1) is 0 Å². The Morgan fingerprint density at radius 2 is 2.00 bits per heavy atom. The van der Waals surface area contributed by atoms with Crippen LogP contribution in [0.5, 0.6) is 0 Å². The Hall–Kier alpha value is 0.480. The largest absolute Gasteiger partial charge is 0.0893 e. The quantitative estimate of drug-likeness (QED) is 0.617. The number of alkyl halides is 1. The third-order valence-corrected chi connectivity index (χ3v) is 2.81. The summed E-state index contributed by atoms with van der Waals surface area (Å²) in [6, 6.07) is 0. The molecule has 1 rings (SSSR count). The predicted octanol–water partition coefficient (Wildman–Crippen LogP) is 3.60. The van der Waals surface area contributed by atoms with E-state index in [1.54, 1.807) is 0 Å². The molecule has 1 fully saturated rings. The molecule has 0 radical (unpaired) electrons. The van der Waals surface area contributed by atoms with Crippen LogP contribution in [0.2, 0.25) is 0 Å². The Morgan fingerprint density at radius 3 is 2.30 bits per heavy atom. The van der Waals surface area contributed by atoms with Crippen LogP contribution in [0.4, 0.5) is 0 Å². The van der Waals surface area contributed by atoms with Gasteiger partial charge >= 0.3 is 0 Å². The van der Waals surface area contributed by atoms with E-state index in [0.717, 1.165) is 5.92 Å². The van der Waals surface area contributed by atoms with E-state index < -0.39 is 0 Å². The summed E-state index contributed by atoms with van der Waals surface area (Å²) in [5.41, 5.74) is 0.586. The summed E-state index contributed by atoms with van der Waals surface area (Å²) in [7, 11) is 0. The van der Waals surface area contributed by atoms with E-state index in [-0.39, 0.29) is 0 Å². The molecule has 0 aromatic heterocycles. The van der Waals surface area contributed by atoms with Crippen molar-refractivity contribution in [2.24, 2.45) is 11.3 Å². The summed E-state index contributed by atoms with van der Waals surface area (Å²) in [4.78, 5) is 0.683. The third-order valence-electron chi connectivity index (χ3n) is 2.49. The van der Waals surface area contributed by atoms with E-state index in [2.05, 4.69) is 36.7 Å². The molecule has 10 heavy (non-hydrogen) atoms. The topological polar surface area (TPSA) is 0 Å². The molecule has 0 amide bonds. The van der Waals surface area contributed by atoms with Crippen LogP contribution in [-0.2, 0) is 0 Å². The Morgan fingerprint density at radius 1 is 1.50 bits per heavy atom. The average Bonchev–Trinajstić information content (AvgIpc) is 2.35. The first-order chi connectivity index (χ1) is 4.52. The molecule has 0 heterocycles. The van der Waals surface area contributed by atoms with E-state index in [9.17, 15) is 0 Å². The van der Waals surface area contributed by atoms with Crippen LogP contribution >= 0.6 is 15.9 Å². The minimum atomic E-state index is 0.586. The van der Waals surface area contributed by atoms with Crippen LogP contribution in [0.15, 0.2) is 0 Å². The van der Waals surface area contributed by atoms with Crippen LogP contribution in [0.3, 0.4) is 0 Å². The maximum absolute atomic E-state index is 3.61. The molecule has 1 aliphatic rings. The van der Waals surface area contributed by atoms with Gasteiger partial charge in [-0.3, -0.25) is 0 Å². The fourth-order valence-corrected chi connectivity index (χ4v) is 2.59. The second-order valence-corrected chi connectivity index (χ2v) is 5.81. The van der Waals surface area contributed by atoms with Gasteiger partial charge < -0.3 is 0 Å². The van der Waals surface area contributed by atoms with Gasteiger partial charge in [-0.15, -0.1) is 0 Å². The van der Waals surface area contributed by atoms with Crippen LogP contribution in [0, 0.1) is 11.3 Å². The Balaban J connectivity index is 2.34. The van der Waals surface area contributed by atoms with E-state index in [0.29, 0.717) is 10.2 Å². The van der Waals surface area contributed by atoms with Gasteiger partial charge in [-0.1, -0.05) is 36.7 Å². The van der Waals surface area contributed by atoms with Gasteiger partial charge in [0.1, 0.15) is 0 Å². The molecule has 0 spiro atoms. The summed E-state index contributed by atoms with van der Waals surface area (Å²) < 4.78 is 0. The number of hydrogen-bond donors (Lipinski definition) is 0. The molecular formula is C9H17Br. The summed E-state index contributed by atoms with van der Waals surface area (Å²) in [6.45, 7) is 7.02. The molecule has 0 aromatic carbocycles. The van der Waals surface area contributed by atoms with E-state index in [4.69, 9.17) is 0 Å². The normalized spacial score (nSPS) is 22.8. The van der Waals surface area contributed by atoms with Crippen LogP contribution < -0.4 is 0 Å². The molecule has 0 saturated heterocycles. The molecular weight excluding hydrogens is 188 g/mol. The summed E-state index contributed by atoms with van der Waals surface area (Å²) >= 11 is 3.61. The molecule has 0 N–H and O–H groups in total. The molecule has 0 nitrogen and oxygen atoms in total. The zero-order chi connectivity index (χ0) is 7.78. The second-order valence-electron chi connectivity index (χ2n) is 4.25. The van der Waals surface area contributed by atoms with Crippen molar-refractivity contribution in [3.63, 3.8) is 0 Å². The maximum Gasteiger partial charge on any atom is 0.0122 e. The van der Waals surface area contributed by atoms with Crippen molar-refractivity contribution >= 4 is 15.9 Å². The van der Waals surface area contributed by atoms with Gasteiger partial charge in [0.2, 0.25) is 0 Å². The first kappa shape index (κ1) is 8.58. The summed E-state index contributed by atoms with van der Waals surface area (Å²) in [6.07, 6.45) is 4.25. The molecule has 0 aliphatic heterocycles. The monoisotopic (exact) mass is 204 g/mol. The van der Waals surface area contributed by atoms with Crippen molar-refractivity contribution in [1.82, 2.24) is 0 Å². The zero-order valence-corrected chi connectivity index (χ0v) is 8.74. The highest BCUT2D eigenvalue weighted by Gasteiger charge is 2.37. The summed E-state index contributed by atoms with van der Waals surface area (Å²) in [5, 5.41) is 0. The van der Waals surface area contributed by atoms with Crippen LogP contribution in [0.25, 0.3) is 0 Å². The minimum absolute atomic E-state index is 0.586. The number of halogens is 1. The lowest BCUT2D eigenvalue weighted by atomic mass is 9.83. The van der Waals surface area contributed by atoms with Crippen LogP contribution in [-0.4, -0.2) is 4.83 Å². The van der Waals surface area contributed by atoms with Gasteiger partial charge in [0, 0.05) is 4.83 Å². The molecule has 1 unspecified atom stereocenters. The average molecular weight is 205 g/mol. The second kappa shape index (κ2) is 2.84. The standard InChI is InChI=1S/C9H17Br/c1-7(10)6-9(2,3)8-4-5-8/h7-8H,4-6H2,1-3H3. The van der Waals surface area contributed by atoms with Gasteiger partial charge in [0.25, 0.3) is 0 Å². The molecule has 0 aromatic rings. The highest BCUT2D eigenvalue weighted by Crippen LogP contribution is 2.48. The minimum Gasteiger partial charge on any atom is -0.0893 e. The molecule has 1 saturated carbocycles. The van der Waals surface area contributed by atoms with Crippen molar-refractivity contribution in [1.29, 1.82) is 0 Å². The van der Waals surface area contributed by atoms with Gasteiger partial charge in [0.15, 0.2) is 0 Å². The van der Waals surface area contributed by atoms with E-state index in [1.165, 1.54) is 19.3 Å². The highest BCUT2D eigenvalue weighted by atomic mass is 79.9. The SMILES string of the molecule is CC(Br)CC(C)(C)C1CC1. The smallest absolute Gasteiger partial charge is 0.0122 e. The first-order valence-electron chi connectivity index (χ1n) is 4.16. The molecule has 0 bridgehead atoms. The summed E-state index contributed by atoms with van der Waals surface area (Å²) in [5.74, 6) is 1.02. The van der Waals surface area contributed by atoms with Crippen LogP contribution in [0.1, 0.15) is 40.0 Å². The number of rotatable bonds is 3. The van der Waals surface area contributed by atoms with Crippen molar-refractivity contribution in [2.75, 3.05) is 0 Å². The number of hydrogen-bond acceptors (Lipinski definition) is 0.